The summed E-state index contributed by atoms with van der Waals surface area (Å²) in [7, 11) is -3.59. The van der Waals surface area contributed by atoms with Gasteiger partial charge in [0.05, 0.1) is 27.9 Å². The molecule has 0 radical (unpaired) electrons. The van der Waals surface area contributed by atoms with Gasteiger partial charge in [-0.25, -0.2) is 8.42 Å². The van der Waals surface area contributed by atoms with Crippen LogP contribution in [-0.4, -0.2) is 48.7 Å². The van der Waals surface area contributed by atoms with Gasteiger partial charge in [0.2, 0.25) is 0 Å². The molecule has 0 bridgehead atoms. The number of carbonyl (C=O) groups excluding carboxylic acids is 3. The predicted octanol–water partition coefficient (Wildman–Crippen LogP) is 10.1. The third kappa shape index (κ3) is 15.2. The fourth-order valence-electron chi connectivity index (χ4n) is 5.19. The molecule has 1 aliphatic carbocycles. The molecule has 0 atom stereocenters. The number of sulfone groups is 1. The Hall–Kier alpha value is -5.36. The van der Waals surface area contributed by atoms with Crippen LogP contribution in [0.3, 0.4) is 0 Å². The van der Waals surface area contributed by atoms with Crippen molar-refractivity contribution in [2.45, 2.75) is 104 Å². The fraction of sp³-hybridized carbons (Fsp3) is 0.413. The van der Waals surface area contributed by atoms with Crippen LogP contribution >= 0.6 is 0 Å². The minimum Gasteiger partial charge on any atom is -0.464 e. The Morgan fingerprint density at radius 3 is 1.50 bits per heavy atom. The van der Waals surface area contributed by atoms with Gasteiger partial charge in [0.25, 0.3) is 5.69 Å². The largest absolute Gasteiger partial charge is 0.464 e. The highest BCUT2D eigenvalue weighted by Crippen LogP contribution is 2.44. The Morgan fingerprint density at radius 2 is 1.07 bits per heavy atom. The summed E-state index contributed by atoms with van der Waals surface area (Å²) in [6.45, 7) is 20.4. The smallest absolute Gasteiger partial charge is 0.308 e. The topological polar surface area (TPSA) is 156 Å². The van der Waals surface area contributed by atoms with Gasteiger partial charge in [-0.05, 0) is 68.5 Å². The molecule has 0 saturated heterocycles. The van der Waals surface area contributed by atoms with Gasteiger partial charge in [0, 0.05) is 12.0 Å². The zero-order chi connectivity index (χ0) is 43.8. The van der Waals surface area contributed by atoms with Crippen molar-refractivity contribution in [1.29, 1.82) is 0 Å². The number of hydrogen-bond acceptors (Lipinski definition) is 10. The van der Waals surface area contributed by atoms with Crippen molar-refractivity contribution in [2.75, 3.05) is 6.61 Å². The fourth-order valence-corrected chi connectivity index (χ4v) is 6.40. The summed E-state index contributed by atoms with van der Waals surface area (Å²) in [6, 6.07) is 31.8. The second-order valence-electron chi connectivity index (χ2n) is 15.8. The highest BCUT2D eigenvalue weighted by atomic mass is 32.2. The molecule has 0 fully saturated rings. The van der Waals surface area contributed by atoms with Crippen LogP contribution in [0.1, 0.15) is 98.8 Å². The third-order valence-corrected chi connectivity index (χ3v) is 10.6. The average Bonchev–Trinajstić information content (AvgIpc) is 3.49. The first-order valence-corrected chi connectivity index (χ1v) is 20.9. The van der Waals surface area contributed by atoms with Crippen LogP contribution in [0.15, 0.2) is 108 Å². The van der Waals surface area contributed by atoms with E-state index in [-0.39, 0.29) is 57.8 Å². The number of hydrogen-bond donors (Lipinski definition) is 0. The van der Waals surface area contributed by atoms with Crippen LogP contribution in [0, 0.1) is 27.9 Å². The Bertz CT molecular complexity index is 2020. The monoisotopic (exact) mass is 817 g/mol. The molecule has 1 aliphatic rings. The number of fused-ring (bicyclic) bond motifs is 3. The van der Waals surface area contributed by atoms with Gasteiger partial charge in [0.1, 0.15) is 23.7 Å². The third-order valence-electron chi connectivity index (χ3n) is 8.39. The summed E-state index contributed by atoms with van der Waals surface area (Å²) in [5.74, 6) is -0.418. The molecule has 314 valence electrons. The lowest BCUT2D eigenvalue weighted by Gasteiger charge is -2.20. The number of nitrogens with zero attached hydrogens (tertiary/aromatic N) is 1. The van der Waals surface area contributed by atoms with E-state index in [1.165, 1.54) is 60.4 Å². The molecule has 4 aromatic carbocycles. The molecular weight excluding hydrogens is 759 g/mol. The highest BCUT2D eigenvalue weighted by molar-refractivity contribution is 7.92. The molecule has 0 saturated carbocycles. The van der Waals surface area contributed by atoms with Crippen LogP contribution in [0.5, 0.6) is 0 Å². The zero-order valence-electron chi connectivity index (χ0n) is 35.6. The minimum absolute atomic E-state index is 0.0285. The van der Waals surface area contributed by atoms with E-state index in [1.54, 1.807) is 0 Å². The molecule has 0 amide bonds. The van der Waals surface area contributed by atoms with Crippen molar-refractivity contribution >= 4 is 33.4 Å². The van der Waals surface area contributed by atoms with Crippen LogP contribution in [0.2, 0.25) is 0 Å². The number of carbonyl (C=O) groups is 3. The van der Waals surface area contributed by atoms with Gasteiger partial charge in [-0.15, -0.1) is 0 Å². The number of ether oxygens (including phenoxy) is 3. The lowest BCUT2D eigenvalue weighted by molar-refractivity contribution is -0.387. The summed E-state index contributed by atoms with van der Waals surface area (Å²) in [5, 5.41) is 9.96. The van der Waals surface area contributed by atoms with E-state index in [2.05, 4.69) is 36.4 Å². The van der Waals surface area contributed by atoms with Crippen molar-refractivity contribution in [1.82, 2.24) is 0 Å². The van der Waals surface area contributed by atoms with Crippen molar-refractivity contribution in [3.63, 3.8) is 0 Å². The van der Waals surface area contributed by atoms with Crippen LogP contribution in [0.25, 0.3) is 11.1 Å². The second kappa shape index (κ2) is 22.5. The molecular formula is C46H59NO10S. The van der Waals surface area contributed by atoms with Gasteiger partial charge in [-0.3, -0.25) is 24.5 Å². The molecule has 4 aromatic rings. The number of esters is 3. The molecule has 0 N–H and O–H groups in total. The Kier molecular flexibility index (Phi) is 19.0. The maximum absolute atomic E-state index is 11.8. The summed E-state index contributed by atoms with van der Waals surface area (Å²) < 4.78 is 39.1. The van der Waals surface area contributed by atoms with Gasteiger partial charge in [-0.1, -0.05) is 133 Å². The van der Waals surface area contributed by atoms with Crippen molar-refractivity contribution in [3.8, 4) is 11.1 Å². The van der Waals surface area contributed by atoms with Gasteiger partial charge < -0.3 is 14.2 Å². The number of para-hydroxylation sites is 1. The predicted molar refractivity (Wildman–Crippen MR) is 227 cm³/mol. The van der Waals surface area contributed by atoms with Crippen LogP contribution < -0.4 is 0 Å². The number of rotatable bonds is 10. The lowest BCUT2D eigenvalue weighted by atomic mass is 9.98. The Labute approximate surface area is 344 Å². The molecule has 0 heterocycles. The summed E-state index contributed by atoms with van der Waals surface area (Å²) in [4.78, 5) is 43.5. The van der Waals surface area contributed by atoms with Gasteiger partial charge in [0.15, 0.2) is 9.84 Å². The van der Waals surface area contributed by atoms with Gasteiger partial charge >= 0.3 is 17.9 Å². The maximum Gasteiger partial charge on any atom is 0.308 e. The summed E-state index contributed by atoms with van der Waals surface area (Å²) in [6.07, 6.45) is 0. The van der Waals surface area contributed by atoms with Crippen LogP contribution in [0.4, 0.5) is 5.69 Å². The van der Waals surface area contributed by atoms with Crippen molar-refractivity contribution in [3.05, 3.63) is 130 Å². The first kappa shape index (κ1) is 48.8. The van der Waals surface area contributed by atoms with Crippen LogP contribution in [-0.2, 0) is 45.0 Å². The second-order valence-corrected chi connectivity index (χ2v) is 18.2. The SMILES string of the molecule is CC(C)C(=O)OC(C)(C)C.CC(C)C(=O)OCC1c2ccccc2-c2ccccc21.CC(C)C(=O)OCc1ccccc1.CC(C)S(=O)(=O)c1ccccc1[N+](=O)[O-]. The highest BCUT2D eigenvalue weighted by Gasteiger charge is 2.30. The van der Waals surface area contributed by atoms with E-state index in [0.29, 0.717) is 13.2 Å². The van der Waals surface area contributed by atoms with E-state index in [9.17, 15) is 32.9 Å². The van der Waals surface area contributed by atoms with E-state index >= 15 is 0 Å². The number of nitro benzene ring substituents is 1. The van der Waals surface area contributed by atoms with Gasteiger partial charge in [-0.2, -0.15) is 0 Å². The van der Waals surface area contributed by atoms with Crippen molar-refractivity contribution in [2.24, 2.45) is 17.8 Å². The molecule has 12 heteroatoms. The average molecular weight is 818 g/mol. The molecule has 0 aromatic heterocycles. The van der Waals surface area contributed by atoms with E-state index in [0.717, 1.165) is 5.56 Å². The summed E-state index contributed by atoms with van der Waals surface area (Å²) in [5.41, 5.74) is 5.34. The quantitative estimate of drug-likeness (QED) is 0.0653. The molecule has 0 spiro atoms. The molecule has 5 rings (SSSR count). The molecule has 58 heavy (non-hydrogen) atoms. The zero-order valence-corrected chi connectivity index (χ0v) is 36.4. The first-order chi connectivity index (χ1) is 27.1. The maximum atomic E-state index is 11.8. The lowest BCUT2D eigenvalue weighted by Crippen LogP contribution is -2.26. The Morgan fingerprint density at radius 1 is 0.638 bits per heavy atom. The van der Waals surface area contributed by atoms with Crippen molar-refractivity contribution < 1.29 is 41.9 Å². The Balaban J connectivity index is 0.000000276. The van der Waals surface area contributed by atoms with E-state index in [4.69, 9.17) is 14.2 Å². The number of nitro groups is 1. The summed E-state index contributed by atoms with van der Waals surface area (Å²) >= 11 is 0. The van der Waals surface area contributed by atoms with E-state index < -0.39 is 20.0 Å². The minimum atomic E-state index is -3.59. The normalized spacial score (nSPS) is 11.8. The molecule has 0 aliphatic heterocycles. The molecule has 11 nitrogen and oxygen atoms in total. The number of benzene rings is 4. The standard InChI is InChI=1S/C18H18O2.C11H14O2.C9H11NO4S.C8H16O2/c1-12(2)18(19)20-11-17-15-9-5-3-7-13(15)14-8-4-6-10-16(14)17;1-9(2)11(12)13-8-10-6-4-3-5-7-10;1-7(2)15(13,14)9-6-4-3-5-8(9)10(11)12;1-6(2)7(9)10-8(3,4)5/h3-10,12,17H,11H2,1-2H3;3-7,9H,8H2,1-2H3;3-7H,1-2H3;6H,1-5H3. The molecule has 0 unspecified atom stereocenters. The first-order valence-electron chi connectivity index (χ1n) is 19.3. The van der Waals surface area contributed by atoms with E-state index in [1.807, 2.05) is 105 Å².